The van der Waals surface area contributed by atoms with Gasteiger partial charge in [0.25, 0.3) is 0 Å². The Bertz CT molecular complexity index is 504. The Balaban J connectivity index is 1.52. The Morgan fingerprint density at radius 2 is 2.09 bits per heavy atom. The van der Waals surface area contributed by atoms with Crippen molar-refractivity contribution in [1.29, 1.82) is 0 Å². The lowest BCUT2D eigenvalue weighted by Crippen LogP contribution is -2.37. The van der Waals surface area contributed by atoms with Crippen molar-refractivity contribution in [3.63, 3.8) is 0 Å². The number of nitrogens with one attached hydrogen (secondary N) is 1. The zero-order chi connectivity index (χ0) is 15.2. The van der Waals surface area contributed by atoms with Crippen LogP contribution in [0.15, 0.2) is 23.3 Å². The third kappa shape index (κ3) is 4.12. The second-order valence-electron chi connectivity index (χ2n) is 6.45. The molecule has 1 saturated carbocycles. The van der Waals surface area contributed by atoms with E-state index in [4.69, 9.17) is 5.73 Å². The maximum atomic E-state index is 5.94. The van der Waals surface area contributed by atoms with Crippen molar-refractivity contribution in [2.24, 2.45) is 16.6 Å². The summed E-state index contributed by atoms with van der Waals surface area (Å²) in [5.74, 6) is 2.43. The van der Waals surface area contributed by atoms with E-state index in [1.165, 1.54) is 44.1 Å². The molecule has 22 heavy (non-hydrogen) atoms. The second kappa shape index (κ2) is 7.47. The van der Waals surface area contributed by atoms with Crippen LogP contribution in [0.25, 0.3) is 0 Å². The van der Waals surface area contributed by atoms with E-state index in [0.717, 1.165) is 31.4 Å². The summed E-state index contributed by atoms with van der Waals surface area (Å²) in [4.78, 5) is 11.3. The number of pyridine rings is 1. The molecule has 3 N–H and O–H groups in total. The maximum absolute atomic E-state index is 5.94. The summed E-state index contributed by atoms with van der Waals surface area (Å²) in [6, 6.07) is 4.17. The van der Waals surface area contributed by atoms with Crippen LogP contribution in [-0.4, -0.2) is 30.6 Å². The summed E-state index contributed by atoms with van der Waals surface area (Å²) in [5, 5.41) is 3.23. The number of aliphatic imine (C=N–C) groups is 1. The van der Waals surface area contributed by atoms with Crippen LogP contribution < -0.4 is 16.0 Å². The first-order chi connectivity index (χ1) is 10.8. The third-order valence-electron chi connectivity index (χ3n) is 4.72. The first kappa shape index (κ1) is 15.1. The monoisotopic (exact) mass is 301 g/mol. The summed E-state index contributed by atoms with van der Waals surface area (Å²) in [7, 11) is 0. The first-order valence-electron chi connectivity index (χ1n) is 8.55. The highest BCUT2D eigenvalue weighted by atomic mass is 15.2. The number of piperidine rings is 1. The molecule has 1 aromatic rings. The van der Waals surface area contributed by atoms with E-state index in [2.05, 4.69) is 26.3 Å². The van der Waals surface area contributed by atoms with Crippen molar-refractivity contribution in [2.45, 2.75) is 45.1 Å². The van der Waals surface area contributed by atoms with Crippen molar-refractivity contribution in [1.82, 2.24) is 10.3 Å². The molecule has 0 spiro atoms. The fourth-order valence-corrected chi connectivity index (χ4v) is 3.03. The van der Waals surface area contributed by atoms with Gasteiger partial charge in [0, 0.05) is 25.8 Å². The normalized spacial score (nSPS) is 19.8. The molecule has 2 aliphatic rings. The molecule has 2 heterocycles. The summed E-state index contributed by atoms with van der Waals surface area (Å²) < 4.78 is 0. The van der Waals surface area contributed by atoms with E-state index in [1.54, 1.807) is 0 Å². The minimum atomic E-state index is 0.559. The van der Waals surface area contributed by atoms with Gasteiger partial charge >= 0.3 is 0 Å². The van der Waals surface area contributed by atoms with Crippen LogP contribution in [0.2, 0.25) is 0 Å². The van der Waals surface area contributed by atoms with E-state index in [1.807, 2.05) is 12.3 Å². The Kier molecular flexibility index (Phi) is 5.14. The molecule has 0 atom stereocenters. The van der Waals surface area contributed by atoms with Crippen LogP contribution in [0.4, 0.5) is 5.82 Å². The number of guanidine groups is 1. The molecule has 1 aliphatic heterocycles. The summed E-state index contributed by atoms with van der Waals surface area (Å²) in [5.41, 5.74) is 7.11. The van der Waals surface area contributed by atoms with E-state index in [0.29, 0.717) is 12.5 Å². The second-order valence-corrected chi connectivity index (χ2v) is 6.45. The number of anilines is 1. The van der Waals surface area contributed by atoms with Crippen LogP contribution >= 0.6 is 0 Å². The predicted molar refractivity (Wildman–Crippen MR) is 91.0 cm³/mol. The summed E-state index contributed by atoms with van der Waals surface area (Å²) in [6.07, 6.45) is 9.76. The van der Waals surface area contributed by atoms with Gasteiger partial charge in [0.05, 0.1) is 6.54 Å². The van der Waals surface area contributed by atoms with Gasteiger partial charge in [0.2, 0.25) is 0 Å². The Hall–Kier alpha value is -1.78. The lowest BCUT2D eigenvalue weighted by Gasteiger charge is -2.27. The fraction of sp³-hybridized carbons (Fsp3) is 0.647. The molecule has 0 radical (unpaired) electrons. The summed E-state index contributed by atoms with van der Waals surface area (Å²) in [6.45, 7) is 3.81. The van der Waals surface area contributed by atoms with E-state index in [-0.39, 0.29) is 0 Å². The number of hydrogen-bond donors (Lipinski definition) is 2. The zero-order valence-electron chi connectivity index (χ0n) is 13.3. The van der Waals surface area contributed by atoms with Gasteiger partial charge in [-0.05, 0) is 55.7 Å². The van der Waals surface area contributed by atoms with Crippen molar-refractivity contribution in [3.05, 3.63) is 23.9 Å². The van der Waals surface area contributed by atoms with Crippen molar-refractivity contribution in [3.8, 4) is 0 Å². The standard InChI is InChI=1S/C17H27N5/c18-17(20-12-14-5-4-6-14)21-13-15-7-8-19-16(11-15)22-9-2-1-3-10-22/h7-8,11,14H,1-6,9-10,12-13H2,(H3,18,20,21). The van der Waals surface area contributed by atoms with Gasteiger partial charge in [0.1, 0.15) is 5.82 Å². The van der Waals surface area contributed by atoms with Crippen LogP contribution in [0.1, 0.15) is 44.1 Å². The fourth-order valence-electron chi connectivity index (χ4n) is 3.03. The minimum Gasteiger partial charge on any atom is -0.370 e. The topological polar surface area (TPSA) is 66.5 Å². The Labute approximate surface area is 133 Å². The van der Waals surface area contributed by atoms with Gasteiger partial charge in [-0.2, -0.15) is 0 Å². The van der Waals surface area contributed by atoms with Gasteiger partial charge in [-0.3, -0.25) is 0 Å². The van der Waals surface area contributed by atoms with E-state index < -0.39 is 0 Å². The van der Waals surface area contributed by atoms with Crippen LogP contribution in [0.3, 0.4) is 0 Å². The van der Waals surface area contributed by atoms with Crippen LogP contribution in [0.5, 0.6) is 0 Å². The Morgan fingerprint density at radius 1 is 1.27 bits per heavy atom. The number of nitrogens with two attached hydrogens (primary N) is 1. The molecule has 0 amide bonds. The average Bonchev–Trinajstić information content (AvgIpc) is 2.53. The van der Waals surface area contributed by atoms with E-state index >= 15 is 0 Å². The van der Waals surface area contributed by atoms with Gasteiger partial charge in [-0.15, -0.1) is 0 Å². The maximum Gasteiger partial charge on any atom is 0.188 e. The number of rotatable bonds is 5. The molecule has 0 bridgehead atoms. The molecule has 1 aromatic heterocycles. The number of nitrogens with zero attached hydrogens (tertiary/aromatic N) is 3. The highest BCUT2D eigenvalue weighted by Gasteiger charge is 2.16. The highest BCUT2D eigenvalue weighted by molar-refractivity contribution is 5.77. The van der Waals surface area contributed by atoms with Crippen molar-refractivity contribution in [2.75, 3.05) is 24.5 Å². The molecular weight excluding hydrogens is 274 g/mol. The minimum absolute atomic E-state index is 0.559. The molecule has 3 rings (SSSR count). The lowest BCUT2D eigenvalue weighted by atomic mass is 9.85. The van der Waals surface area contributed by atoms with E-state index in [9.17, 15) is 0 Å². The van der Waals surface area contributed by atoms with Gasteiger partial charge in [0.15, 0.2) is 5.96 Å². The molecule has 0 aromatic carbocycles. The third-order valence-corrected chi connectivity index (χ3v) is 4.72. The largest absolute Gasteiger partial charge is 0.370 e. The molecular formula is C17H27N5. The van der Waals surface area contributed by atoms with Gasteiger partial charge in [-0.1, -0.05) is 6.42 Å². The molecule has 1 aliphatic carbocycles. The van der Waals surface area contributed by atoms with Crippen molar-refractivity contribution >= 4 is 11.8 Å². The van der Waals surface area contributed by atoms with Crippen LogP contribution in [-0.2, 0) is 6.54 Å². The predicted octanol–water partition coefficient (Wildman–Crippen LogP) is 2.28. The van der Waals surface area contributed by atoms with Crippen molar-refractivity contribution < 1.29 is 0 Å². The summed E-state index contributed by atoms with van der Waals surface area (Å²) >= 11 is 0. The Morgan fingerprint density at radius 3 is 2.82 bits per heavy atom. The van der Waals surface area contributed by atoms with Gasteiger partial charge < -0.3 is 16.0 Å². The van der Waals surface area contributed by atoms with Crippen LogP contribution in [0, 0.1) is 5.92 Å². The highest BCUT2D eigenvalue weighted by Crippen LogP contribution is 2.25. The smallest absolute Gasteiger partial charge is 0.188 e. The zero-order valence-corrected chi connectivity index (χ0v) is 13.3. The lowest BCUT2D eigenvalue weighted by molar-refractivity contribution is 0.315. The van der Waals surface area contributed by atoms with Gasteiger partial charge in [-0.25, -0.2) is 9.98 Å². The molecule has 0 unspecified atom stereocenters. The number of aromatic nitrogens is 1. The first-order valence-corrected chi connectivity index (χ1v) is 8.55. The number of hydrogen-bond acceptors (Lipinski definition) is 3. The SMILES string of the molecule is NC(=NCc1ccnc(N2CCCCC2)c1)NCC1CCC1. The quantitative estimate of drug-likeness (QED) is 0.647. The molecule has 120 valence electrons. The molecule has 5 nitrogen and oxygen atoms in total. The average molecular weight is 301 g/mol. The molecule has 5 heteroatoms. The molecule has 1 saturated heterocycles. The molecule has 2 fully saturated rings.